The molecule has 1 aromatic heterocycles. The molecule has 0 aliphatic carbocycles. The molecular formula is C15H28N5O9P. The number of nitrogens with two attached hydrogens (primary N) is 1. The minimum atomic E-state index is -4.48. The molecule has 1 saturated heterocycles. The van der Waals surface area contributed by atoms with Crippen molar-refractivity contribution in [2.75, 3.05) is 18.9 Å². The Hall–Kier alpha value is -1.90. The van der Waals surface area contributed by atoms with Gasteiger partial charge in [0.2, 0.25) is 0 Å². The third-order valence-electron chi connectivity index (χ3n) is 4.27. The molecule has 172 valence electrons. The second kappa shape index (κ2) is 9.94. The van der Waals surface area contributed by atoms with Gasteiger partial charge in [-0.1, -0.05) is 0 Å². The average molecular weight is 453 g/mol. The second-order valence-electron chi connectivity index (χ2n) is 6.66. The molecule has 1 unspecified atom stereocenters. The Balaban J connectivity index is 0.00000450. The van der Waals surface area contributed by atoms with Crippen LogP contribution in [0.15, 0.2) is 17.1 Å². The van der Waals surface area contributed by atoms with E-state index in [-0.39, 0.29) is 18.6 Å². The molecule has 0 saturated carbocycles. The summed E-state index contributed by atoms with van der Waals surface area (Å²) >= 11 is 0. The number of aliphatic hydroxyl groups is 2. The van der Waals surface area contributed by atoms with Crippen molar-refractivity contribution in [2.24, 2.45) is 0 Å². The van der Waals surface area contributed by atoms with E-state index in [0.717, 1.165) is 4.57 Å². The summed E-state index contributed by atoms with van der Waals surface area (Å²) in [5.41, 5.74) is 2.67. The average Bonchev–Trinajstić information content (AvgIpc) is 2.83. The van der Waals surface area contributed by atoms with Crippen LogP contribution in [0.4, 0.5) is 5.82 Å². The normalized spacial score (nSPS) is 28.9. The Morgan fingerprint density at radius 1 is 1.57 bits per heavy atom. The van der Waals surface area contributed by atoms with Crippen molar-refractivity contribution >= 4 is 19.5 Å². The van der Waals surface area contributed by atoms with Gasteiger partial charge in [-0.2, -0.15) is 4.98 Å². The molecule has 1 aliphatic rings. The van der Waals surface area contributed by atoms with Gasteiger partial charge in [-0.05, 0) is 26.8 Å². The molecule has 0 bridgehead atoms. The predicted octanol–water partition coefficient (Wildman–Crippen LogP) is -1.34. The highest BCUT2D eigenvalue weighted by molar-refractivity contribution is 7.50. The molecule has 1 fully saturated rings. The van der Waals surface area contributed by atoms with E-state index in [1.807, 2.05) is 0 Å². The third-order valence-corrected chi connectivity index (χ3v) is 5.48. The molecule has 0 spiro atoms. The summed E-state index contributed by atoms with van der Waals surface area (Å²) < 4.78 is 28.2. The number of aliphatic hydroxyl groups excluding tert-OH is 1. The van der Waals surface area contributed by atoms with Crippen molar-refractivity contribution in [1.82, 2.24) is 20.8 Å². The Morgan fingerprint density at radius 2 is 2.20 bits per heavy atom. The van der Waals surface area contributed by atoms with Crippen LogP contribution in [0.2, 0.25) is 0 Å². The molecule has 2 heterocycles. The number of anilines is 1. The van der Waals surface area contributed by atoms with Crippen molar-refractivity contribution in [3.63, 3.8) is 0 Å². The van der Waals surface area contributed by atoms with Gasteiger partial charge in [0.05, 0.1) is 13.2 Å². The van der Waals surface area contributed by atoms with Crippen LogP contribution in [0, 0.1) is 0 Å². The summed E-state index contributed by atoms with van der Waals surface area (Å²) in [6.07, 6.45) is -2.95. The molecule has 2 rings (SSSR count). The van der Waals surface area contributed by atoms with E-state index in [0.29, 0.717) is 0 Å². The fraction of sp³-hybridized carbons (Fsp3) is 0.667. The van der Waals surface area contributed by atoms with Crippen LogP contribution >= 0.6 is 7.75 Å². The van der Waals surface area contributed by atoms with Crippen LogP contribution in [-0.2, 0) is 23.4 Å². The van der Waals surface area contributed by atoms with E-state index in [4.69, 9.17) is 19.7 Å². The van der Waals surface area contributed by atoms with E-state index in [1.54, 1.807) is 6.92 Å². The van der Waals surface area contributed by atoms with Crippen LogP contribution in [0.5, 0.6) is 0 Å². The molecule has 14 nitrogen and oxygen atoms in total. The van der Waals surface area contributed by atoms with Crippen molar-refractivity contribution in [3.8, 4) is 0 Å². The van der Waals surface area contributed by atoms with Crippen LogP contribution in [0.25, 0.3) is 0 Å². The fourth-order valence-electron chi connectivity index (χ4n) is 2.76. The van der Waals surface area contributed by atoms with E-state index in [9.17, 15) is 29.3 Å². The number of nitrogen functional groups attached to an aromatic ring is 1. The van der Waals surface area contributed by atoms with Gasteiger partial charge in [-0.15, -0.1) is 0 Å². The van der Waals surface area contributed by atoms with Gasteiger partial charge in [0.1, 0.15) is 29.7 Å². The first-order valence-electron chi connectivity index (χ1n) is 8.71. The number of hydrogen-bond acceptors (Lipinski definition) is 11. The molecular weight excluding hydrogens is 425 g/mol. The Bertz CT molecular complexity index is 848. The Labute approximate surface area is 172 Å². The monoisotopic (exact) mass is 453 g/mol. The minimum absolute atomic E-state index is 0. The first-order valence-corrected chi connectivity index (χ1v) is 10.3. The number of carbonyl (C=O) groups is 1. The molecule has 1 aromatic rings. The first-order chi connectivity index (χ1) is 13.4. The highest BCUT2D eigenvalue weighted by Gasteiger charge is 2.54. The van der Waals surface area contributed by atoms with Gasteiger partial charge in [0, 0.05) is 6.20 Å². The van der Waals surface area contributed by atoms with Gasteiger partial charge in [0.25, 0.3) is 0 Å². The van der Waals surface area contributed by atoms with E-state index < -0.39 is 56.1 Å². The van der Waals surface area contributed by atoms with Crippen LogP contribution in [0.3, 0.4) is 0 Å². The van der Waals surface area contributed by atoms with Gasteiger partial charge >= 0.3 is 19.4 Å². The SMILES string of the molecule is CCOC(=O)[C@H](C)NP(=O)(O)OC[C@H]1O[C@@H](n2ccc(N)nc2=O)[C@](C)(O)[C@@H]1O.N. The molecule has 0 amide bonds. The number of nitrogens with zero attached hydrogens (tertiary/aromatic N) is 2. The number of hydrogen-bond donors (Lipinski definition) is 6. The van der Waals surface area contributed by atoms with Crippen molar-refractivity contribution in [3.05, 3.63) is 22.7 Å². The summed E-state index contributed by atoms with van der Waals surface area (Å²) in [7, 11) is -4.48. The van der Waals surface area contributed by atoms with Crippen LogP contribution in [0.1, 0.15) is 27.0 Å². The molecule has 9 N–H and O–H groups in total. The van der Waals surface area contributed by atoms with Crippen molar-refractivity contribution in [2.45, 2.75) is 50.8 Å². The largest absolute Gasteiger partial charge is 0.465 e. The summed E-state index contributed by atoms with van der Waals surface area (Å²) in [4.78, 5) is 37.0. The van der Waals surface area contributed by atoms with Gasteiger partial charge in [-0.3, -0.25) is 13.9 Å². The lowest BCUT2D eigenvalue weighted by molar-refractivity contribution is -0.144. The predicted molar refractivity (Wildman–Crippen MR) is 103 cm³/mol. The molecule has 1 aliphatic heterocycles. The summed E-state index contributed by atoms with van der Waals surface area (Å²) in [6.45, 7) is 3.60. The highest BCUT2D eigenvalue weighted by atomic mass is 31.2. The molecule has 15 heteroatoms. The summed E-state index contributed by atoms with van der Waals surface area (Å²) in [5, 5.41) is 23.0. The molecule has 30 heavy (non-hydrogen) atoms. The smallest absolute Gasteiger partial charge is 0.403 e. The second-order valence-corrected chi connectivity index (χ2v) is 8.22. The third kappa shape index (κ3) is 5.83. The van der Waals surface area contributed by atoms with Crippen LogP contribution in [-0.4, -0.2) is 67.7 Å². The van der Waals surface area contributed by atoms with Gasteiger partial charge in [-0.25, -0.2) is 14.4 Å². The van der Waals surface area contributed by atoms with Crippen molar-refractivity contribution in [1.29, 1.82) is 0 Å². The van der Waals surface area contributed by atoms with Crippen LogP contribution < -0.4 is 22.7 Å². The summed E-state index contributed by atoms with van der Waals surface area (Å²) in [6, 6.07) is 0.176. The number of nitrogens with one attached hydrogen (secondary N) is 1. The number of ether oxygens (including phenoxy) is 2. The zero-order chi connectivity index (χ0) is 22.0. The van der Waals surface area contributed by atoms with E-state index in [1.165, 1.54) is 26.1 Å². The molecule has 0 aromatic carbocycles. The van der Waals surface area contributed by atoms with E-state index in [2.05, 4.69) is 10.1 Å². The maximum Gasteiger partial charge on any atom is 0.403 e. The van der Waals surface area contributed by atoms with Crippen molar-refractivity contribution < 1.29 is 38.5 Å². The highest BCUT2D eigenvalue weighted by Crippen LogP contribution is 2.42. The fourth-order valence-corrected chi connectivity index (χ4v) is 3.78. The zero-order valence-corrected chi connectivity index (χ0v) is 17.7. The maximum absolute atomic E-state index is 12.1. The Kier molecular flexibility index (Phi) is 8.66. The first kappa shape index (κ1) is 26.1. The number of carbonyl (C=O) groups excluding carboxylic acids is 1. The van der Waals surface area contributed by atoms with E-state index >= 15 is 0 Å². The lowest BCUT2D eigenvalue weighted by atomic mass is 9.96. The lowest BCUT2D eigenvalue weighted by Gasteiger charge is -2.27. The Morgan fingerprint density at radius 3 is 2.77 bits per heavy atom. The molecule has 0 radical (unpaired) electrons. The topological polar surface area (TPSA) is 230 Å². The molecule has 6 atom stereocenters. The number of rotatable bonds is 8. The van der Waals surface area contributed by atoms with Gasteiger partial charge in [0.15, 0.2) is 6.23 Å². The zero-order valence-electron chi connectivity index (χ0n) is 16.8. The quantitative estimate of drug-likeness (QED) is 0.198. The number of aromatic nitrogens is 2. The number of esters is 1. The lowest BCUT2D eigenvalue weighted by Crippen LogP contribution is -2.46. The standard InChI is InChI=1S/C15H25N4O9P.H3N/c1-4-26-12(21)8(2)18-29(24,25)27-7-9-11(20)15(3,23)13(28-9)19-6-5-10(16)17-14(19)22;/h5-6,8-9,11,13,20,23H,4,7H2,1-3H3,(H2,16,17,22)(H2,18,24,25);1H3/t8-,9+,11+,13+,15+;/m0./s1. The minimum Gasteiger partial charge on any atom is -0.465 e. The summed E-state index contributed by atoms with van der Waals surface area (Å²) in [5.74, 6) is -0.784. The maximum atomic E-state index is 12.1. The van der Waals surface area contributed by atoms with Gasteiger partial charge < -0.3 is 36.5 Å².